The molecular weight excluding hydrogens is 262 g/mol. The summed E-state index contributed by atoms with van der Waals surface area (Å²) < 4.78 is 2.27. The molecule has 1 aromatic rings. The minimum absolute atomic E-state index is 0.240. The zero-order valence-electron chi connectivity index (χ0n) is 13.3. The molecule has 1 fully saturated rings. The Kier molecular flexibility index (Phi) is 6.03. The van der Waals surface area contributed by atoms with Gasteiger partial charge in [0.05, 0.1) is 0 Å². The van der Waals surface area contributed by atoms with Crippen LogP contribution in [0.1, 0.15) is 57.7 Å². The van der Waals surface area contributed by atoms with Crippen molar-refractivity contribution in [2.24, 2.45) is 0 Å². The van der Waals surface area contributed by atoms with Crippen LogP contribution in [-0.2, 0) is 11.3 Å². The van der Waals surface area contributed by atoms with Gasteiger partial charge in [0, 0.05) is 44.4 Å². The molecule has 2 rings (SSSR count). The van der Waals surface area contributed by atoms with Crippen molar-refractivity contribution in [3.63, 3.8) is 0 Å². The standard InChI is InChI=1S/C17H27N3O/c1-3-5-9-16(21)20-12-7-8-15(14-20)17-18-10-13-19(17)11-6-4-2/h3,5,10,13,15H,4,6-9,11-12,14H2,1-2H3/b5-3+. The molecule has 1 aliphatic heterocycles. The maximum absolute atomic E-state index is 12.2. The van der Waals surface area contributed by atoms with E-state index in [1.54, 1.807) is 0 Å². The van der Waals surface area contributed by atoms with E-state index in [2.05, 4.69) is 22.7 Å². The zero-order chi connectivity index (χ0) is 15.1. The highest BCUT2D eigenvalue weighted by Crippen LogP contribution is 2.26. The molecule has 116 valence electrons. The van der Waals surface area contributed by atoms with Crippen molar-refractivity contribution >= 4 is 5.91 Å². The number of aryl methyl sites for hydroxylation is 1. The number of carbonyl (C=O) groups excluding carboxylic acids is 1. The highest BCUT2D eigenvalue weighted by atomic mass is 16.2. The molecule has 21 heavy (non-hydrogen) atoms. The van der Waals surface area contributed by atoms with E-state index < -0.39 is 0 Å². The van der Waals surface area contributed by atoms with Gasteiger partial charge in [-0.15, -0.1) is 0 Å². The molecule has 1 amide bonds. The van der Waals surface area contributed by atoms with Gasteiger partial charge in [-0.25, -0.2) is 4.98 Å². The minimum atomic E-state index is 0.240. The van der Waals surface area contributed by atoms with Gasteiger partial charge in [-0.3, -0.25) is 4.79 Å². The zero-order valence-corrected chi connectivity index (χ0v) is 13.3. The molecule has 2 heterocycles. The summed E-state index contributed by atoms with van der Waals surface area (Å²) in [6.07, 6.45) is 13.0. The Bertz CT molecular complexity index is 478. The number of carbonyl (C=O) groups is 1. The molecule has 1 atom stereocenters. The number of piperidine rings is 1. The summed E-state index contributed by atoms with van der Waals surface area (Å²) >= 11 is 0. The second kappa shape index (κ2) is 8.01. The van der Waals surface area contributed by atoms with E-state index in [9.17, 15) is 4.79 Å². The number of unbranched alkanes of at least 4 members (excludes halogenated alkanes) is 1. The molecule has 1 unspecified atom stereocenters. The van der Waals surface area contributed by atoms with Crippen molar-refractivity contribution in [2.45, 2.75) is 58.4 Å². The van der Waals surface area contributed by atoms with Crippen LogP contribution < -0.4 is 0 Å². The Morgan fingerprint density at radius 3 is 3.14 bits per heavy atom. The first-order valence-corrected chi connectivity index (χ1v) is 8.16. The number of likely N-dealkylation sites (tertiary alicyclic amines) is 1. The van der Waals surface area contributed by atoms with Crippen molar-refractivity contribution in [2.75, 3.05) is 13.1 Å². The van der Waals surface area contributed by atoms with Crippen LogP contribution in [0.3, 0.4) is 0 Å². The van der Waals surface area contributed by atoms with E-state index in [1.807, 2.05) is 30.2 Å². The van der Waals surface area contributed by atoms with Gasteiger partial charge in [0.25, 0.3) is 0 Å². The van der Waals surface area contributed by atoms with Gasteiger partial charge in [0.15, 0.2) is 0 Å². The molecule has 1 saturated heterocycles. The number of aromatic nitrogens is 2. The summed E-state index contributed by atoms with van der Waals surface area (Å²) in [5.74, 6) is 1.79. The molecule has 0 N–H and O–H groups in total. The number of amides is 1. The lowest BCUT2D eigenvalue weighted by molar-refractivity contribution is -0.131. The third-order valence-electron chi connectivity index (χ3n) is 4.17. The predicted octanol–water partition coefficient (Wildman–Crippen LogP) is 3.36. The monoisotopic (exact) mass is 289 g/mol. The van der Waals surface area contributed by atoms with Crippen molar-refractivity contribution in [1.82, 2.24) is 14.5 Å². The third-order valence-corrected chi connectivity index (χ3v) is 4.17. The van der Waals surface area contributed by atoms with Gasteiger partial charge in [-0.2, -0.15) is 0 Å². The number of hydrogen-bond acceptors (Lipinski definition) is 2. The maximum Gasteiger partial charge on any atom is 0.226 e. The first-order valence-electron chi connectivity index (χ1n) is 8.16. The predicted molar refractivity (Wildman–Crippen MR) is 85.1 cm³/mol. The summed E-state index contributed by atoms with van der Waals surface area (Å²) in [7, 11) is 0. The van der Waals surface area contributed by atoms with Crippen LogP contribution in [0.2, 0.25) is 0 Å². The first kappa shape index (κ1) is 15.8. The highest BCUT2D eigenvalue weighted by molar-refractivity contribution is 5.77. The third kappa shape index (κ3) is 4.19. The highest BCUT2D eigenvalue weighted by Gasteiger charge is 2.26. The van der Waals surface area contributed by atoms with Crippen LogP contribution in [0.4, 0.5) is 0 Å². The molecule has 0 aromatic carbocycles. The molecular formula is C17H27N3O. The molecule has 1 aromatic heterocycles. The average Bonchev–Trinajstić information content (AvgIpc) is 2.99. The van der Waals surface area contributed by atoms with Crippen molar-refractivity contribution < 1.29 is 4.79 Å². The van der Waals surface area contributed by atoms with Crippen LogP contribution in [0.5, 0.6) is 0 Å². The lowest BCUT2D eigenvalue weighted by atomic mass is 9.96. The van der Waals surface area contributed by atoms with E-state index >= 15 is 0 Å². The Hall–Kier alpha value is -1.58. The minimum Gasteiger partial charge on any atom is -0.342 e. The smallest absolute Gasteiger partial charge is 0.226 e. The lowest BCUT2D eigenvalue weighted by Crippen LogP contribution is -2.39. The summed E-state index contributed by atoms with van der Waals surface area (Å²) in [6.45, 7) is 6.91. The van der Waals surface area contributed by atoms with Gasteiger partial charge >= 0.3 is 0 Å². The topological polar surface area (TPSA) is 38.1 Å². The molecule has 4 heteroatoms. The lowest BCUT2D eigenvalue weighted by Gasteiger charge is -2.32. The summed E-state index contributed by atoms with van der Waals surface area (Å²) in [5.41, 5.74) is 0. The molecule has 0 aliphatic carbocycles. The van der Waals surface area contributed by atoms with Gasteiger partial charge in [-0.1, -0.05) is 25.5 Å². The summed E-state index contributed by atoms with van der Waals surface area (Å²) in [5, 5.41) is 0. The molecule has 4 nitrogen and oxygen atoms in total. The fourth-order valence-electron chi connectivity index (χ4n) is 2.96. The Morgan fingerprint density at radius 1 is 1.52 bits per heavy atom. The van der Waals surface area contributed by atoms with Crippen LogP contribution in [-0.4, -0.2) is 33.4 Å². The van der Waals surface area contributed by atoms with E-state index in [0.29, 0.717) is 12.3 Å². The quantitative estimate of drug-likeness (QED) is 0.753. The second-order valence-electron chi connectivity index (χ2n) is 5.78. The van der Waals surface area contributed by atoms with Crippen LogP contribution in [0, 0.1) is 0 Å². The molecule has 0 radical (unpaired) electrons. The van der Waals surface area contributed by atoms with Crippen molar-refractivity contribution in [1.29, 1.82) is 0 Å². The Balaban J connectivity index is 2.00. The molecule has 0 spiro atoms. The van der Waals surface area contributed by atoms with Crippen LogP contribution in [0.15, 0.2) is 24.5 Å². The van der Waals surface area contributed by atoms with Crippen LogP contribution in [0.25, 0.3) is 0 Å². The second-order valence-corrected chi connectivity index (χ2v) is 5.78. The normalized spacial score (nSPS) is 19.3. The van der Waals surface area contributed by atoms with Crippen molar-refractivity contribution in [3.8, 4) is 0 Å². The van der Waals surface area contributed by atoms with Gasteiger partial charge < -0.3 is 9.47 Å². The van der Waals surface area contributed by atoms with E-state index in [1.165, 1.54) is 12.8 Å². The number of imidazole rings is 1. The molecule has 1 aliphatic rings. The number of rotatable bonds is 6. The average molecular weight is 289 g/mol. The van der Waals surface area contributed by atoms with E-state index in [-0.39, 0.29) is 5.91 Å². The van der Waals surface area contributed by atoms with Gasteiger partial charge in [-0.05, 0) is 26.2 Å². The number of allylic oxidation sites excluding steroid dienone is 1. The van der Waals surface area contributed by atoms with Gasteiger partial charge in [0.1, 0.15) is 5.82 Å². The Morgan fingerprint density at radius 2 is 2.38 bits per heavy atom. The fourth-order valence-corrected chi connectivity index (χ4v) is 2.96. The molecule has 0 bridgehead atoms. The SMILES string of the molecule is C/C=C/CC(=O)N1CCCC(c2nccn2CCCC)C1. The Labute approximate surface area is 127 Å². The maximum atomic E-state index is 12.2. The van der Waals surface area contributed by atoms with E-state index in [4.69, 9.17) is 0 Å². The fraction of sp³-hybridized carbons (Fsp3) is 0.647. The van der Waals surface area contributed by atoms with Gasteiger partial charge in [0.2, 0.25) is 5.91 Å². The summed E-state index contributed by atoms with van der Waals surface area (Å²) in [6, 6.07) is 0. The number of hydrogen-bond donors (Lipinski definition) is 0. The molecule has 0 saturated carbocycles. The first-order chi connectivity index (χ1) is 10.3. The largest absolute Gasteiger partial charge is 0.342 e. The van der Waals surface area contributed by atoms with E-state index in [0.717, 1.165) is 38.3 Å². The van der Waals surface area contributed by atoms with Crippen molar-refractivity contribution in [3.05, 3.63) is 30.4 Å². The summed E-state index contributed by atoms with van der Waals surface area (Å²) in [4.78, 5) is 18.7. The number of nitrogens with zero attached hydrogens (tertiary/aromatic N) is 3. The van der Waals surface area contributed by atoms with Crippen LogP contribution >= 0.6 is 0 Å².